The third-order valence-electron chi connectivity index (χ3n) is 2.69. The van der Waals surface area contributed by atoms with E-state index in [9.17, 15) is 8.42 Å². The van der Waals surface area contributed by atoms with Crippen LogP contribution in [-0.4, -0.2) is 22.0 Å². The summed E-state index contributed by atoms with van der Waals surface area (Å²) >= 11 is 1.52. The third kappa shape index (κ3) is 2.42. The lowest BCUT2D eigenvalue weighted by Crippen LogP contribution is -2.21. The molecule has 6 heteroatoms. The Kier molecular flexibility index (Phi) is 4.01. The van der Waals surface area contributed by atoms with Gasteiger partial charge in [-0.25, -0.2) is 13.1 Å². The van der Waals surface area contributed by atoms with Gasteiger partial charge in [0, 0.05) is 21.5 Å². The van der Waals surface area contributed by atoms with Crippen molar-refractivity contribution in [3.8, 4) is 0 Å². The van der Waals surface area contributed by atoms with Crippen molar-refractivity contribution in [2.45, 2.75) is 18.4 Å². The van der Waals surface area contributed by atoms with Crippen LogP contribution >= 0.6 is 11.3 Å². The van der Waals surface area contributed by atoms with E-state index < -0.39 is 10.0 Å². The normalized spacial score (nSPS) is 12.1. The summed E-state index contributed by atoms with van der Waals surface area (Å²) in [6, 6.07) is 7.59. The van der Waals surface area contributed by atoms with Crippen LogP contribution in [0.3, 0.4) is 0 Å². The molecule has 0 saturated carbocycles. The van der Waals surface area contributed by atoms with Gasteiger partial charge in [-0.15, -0.1) is 11.3 Å². The van der Waals surface area contributed by atoms with Gasteiger partial charge in [-0.1, -0.05) is 25.1 Å². The van der Waals surface area contributed by atoms with Gasteiger partial charge in [0.15, 0.2) is 0 Å². The molecule has 1 aromatic heterocycles. The smallest absolute Gasteiger partial charge is 0.242 e. The second-order valence-electron chi connectivity index (χ2n) is 3.84. The number of fused-ring (bicyclic) bond motifs is 1. The summed E-state index contributed by atoms with van der Waals surface area (Å²) in [5, 5.41) is 3.98. The Hall–Kier alpha value is -0.950. The molecule has 2 aromatic rings. The summed E-state index contributed by atoms with van der Waals surface area (Å²) in [4.78, 5) is 1.26. The molecule has 2 rings (SSSR count). The molecule has 4 nitrogen and oxygen atoms in total. The summed E-state index contributed by atoms with van der Waals surface area (Å²) < 4.78 is 27.7. The molecule has 0 unspecified atom stereocenters. The molecule has 0 fully saturated rings. The summed E-state index contributed by atoms with van der Waals surface area (Å²) in [6.45, 7) is 3.39. The van der Waals surface area contributed by atoms with Gasteiger partial charge in [0.25, 0.3) is 0 Å². The minimum absolute atomic E-state index is 0.409. The Labute approximate surface area is 111 Å². The van der Waals surface area contributed by atoms with Gasteiger partial charge in [-0.2, -0.15) is 0 Å². The fraction of sp³-hybridized carbons (Fsp3) is 0.333. The average molecular weight is 284 g/mol. The van der Waals surface area contributed by atoms with Crippen molar-refractivity contribution in [2.75, 3.05) is 13.6 Å². The van der Waals surface area contributed by atoms with E-state index in [-0.39, 0.29) is 0 Å². The number of thiophene rings is 1. The molecule has 0 saturated heterocycles. The Morgan fingerprint density at radius 3 is 2.67 bits per heavy atom. The van der Waals surface area contributed by atoms with Crippen LogP contribution in [0.5, 0.6) is 0 Å². The molecule has 0 aliphatic carbocycles. The lowest BCUT2D eigenvalue weighted by atomic mass is 10.2. The quantitative estimate of drug-likeness (QED) is 0.882. The van der Waals surface area contributed by atoms with Crippen LogP contribution in [0.15, 0.2) is 29.2 Å². The zero-order valence-electron chi connectivity index (χ0n) is 10.4. The van der Waals surface area contributed by atoms with Gasteiger partial charge in [0.05, 0.1) is 0 Å². The largest absolute Gasteiger partial charge is 0.312 e. The standard InChI is InChI=1S/C12H16N2O2S2/c1-3-14-8-11-12(18(15,16)13-2)9-6-4-5-7-10(9)17-11/h4-7,13-14H,3,8H2,1-2H3. The van der Waals surface area contributed by atoms with Gasteiger partial charge in [0.2, 0.25) is 10.0 Å². The number of hydrogen-bond donors (Lipinski definition) is 2. The molecule has 18 heavy (non-hydrogen) atoms. The van der Waals surface area contributed by atoms with Crippen molar-refractivity contribution in [2.24, 2.45) is 0 Å². The van der Waals surface area contributed by atoms with Gasteiger partial charge in [-0.3, -0.25) is 0 Å². The van der Waals surface area contributed by atoms with E-state index in [1.807, 2.05) is 31.2 Å². The van der Waals surface area contributed by atoms with Crippen molar-refractivity contribution in [1.82, 2.24) is 10.0 Å². The van der Waals surface area contributed by atoms with Crippen molar-refractivity contribution >= 4 is 31.4 Å². The molecule has 0 spiro atoms. The summed E-state index contributed by atoms with van der Waals surface area (Å²) in [5.41, 5.74) is 0. The third-order valence-corrected chi connectivity index (χ3v) is 5.53. The first-order valence-electron chi connectivity index (χ1n) is 5.74. The van der Waals surface area contributed by atoms with Crippen LogP contribution in [0.2, 0.25) is 0 Å². The Balaban J connectivity index is 2.65. The minimum atomic E-state index is -3.42. The molecular weight excluding hydrogens is 268 g/mol. The number of rotatable bonds is 5. The maximum absolute atomic E-state index is 12.1. The Morgan fingerprint density at radius 2 is 2.00 bits per heavy atom. The van der Waals surface area contributed by atoms with E-state index in [1.54, 1.807) is 0 Å². The molecule has 0 radical (unpaired) electrons. The number of sulfonamides is 1. The highest BCUT2D eigenvalue weighted by atomic mass is 32.2. The van der Waals surface area contributed by atoms with Crippen molar-refractivity contribution in [1.29, 1.82) is 0 Å². The van der Waals surface area contributed by atoms with Gasteiger partial charge in [-0.05, 0) is 19.7 Å². The van der Waals surface area contributed by atoms with E-state index in [4.69, 9.17) is 0 Å². The summed E-state index contributed by atoms with van der Waals surface area (Å²) in [6.07, 6.45) is 0. The van der Waals surface area contributed by atoms with Crippen molar-refractivity contribution in [3.05, 3.63) is 29.1 Å². The first-order valence-corrected chi connectivity index (χ1v) is 8.04. The van der Waals surface area contributed by atoms with Crippen molar-refractivity contribution in [3.63, 3.8) is 0 Å². The Morgan fingerprint density at radius 1 is 1.28 bits per heavy atom. The highest BCUT2D eigenvalue weighted by Crippen LogP contribution is 2.34. The second-order valence-corrected chi connectivity index (χ2v) is 6.80. The van der Waals surface area contributed by atoms with Gasteiger partial charge >= 0.3 is 0 Å². The number of nitrogens with one attached hydrogen (secondary N) is 2. The fourth-order valence-electron chi connectivity index (χ4n) is 1.82. The van der Waals surface area contributed by atoms with Crippen LogP contribution in [0.4, 0.5) is 0 Å². The van der Waals surface area contributed by atoms with Crippen LogP contribution in [0.25, 0.3) is 10.1 Å². The maximum atomic E-state index is 12.1. The monoisotopic (exact) mass is 284 g/mol. The molecule has 0 atom stereocenters. The zero-order chi connectivity index (χ0) is 13.2. The maximum Gasteiger partial charge on any atom is 0.242 e. The van der Waals surface area contributed by atoms with Gasteiger partial charge in [0.1, 0.15) is 4.90 Å². The molecule has 0 bridgehead atoms. The topological polar surface area (TPSA) is 58.2 Å². The molecule has 98 valence electrons. The SMILES string of the molecule is CCNCc1sc2ccccc2c1S(=O)(=O)NC. The first-order chi connectivity index (χ1) is 8.60. The van der Waals surface area contributed by atoms with Crippen LogP contribution in [-0.2, 0) is 16.6 Å². The first kappa shape index (κ1) is 13.5. The molecule has 2 N–H and O–H groups in total. The van der Waals surface area contributed by atoms with E-state index in [1.165, 1.54) is 18.4 Å². The zero-order valence-corrected chi connectivity index (χ0v) is 12.0. The highest BCUT2D eigenvalue weighted by Gasteiger charge is 2.22. The molecule has 1 heterocycles. The minimum Gasteiger partial charge on any atom is -0.312 e. The average Bonchev–Trinajstić information content (AvgIpc) is 2.75. The van der Waals surface area contributed by atoms with E-state index in [0.717, 1.165) is 21.5 Å². The second kappa shape index (κ2) is 5.36. The highest BCUT2D eigenvalue weighted by molar-refractivity contribution is 7.90. The number of benzene rings is 1. The lowest BCUT2D eigenvalue weighted by molar-refractivity contribution is 0.587. The molecule has 1 aromatic carbocycles. The van der Waals surface area contributed by atoms with Crippen LogP contribution in [0, 0.1) is 0 Å². The Bertz CT molecular complexity index is 647. The number of hydrogen-bond acceptors (Lipinski definition) is 4. The fourth-order valence-corrected chi connectivity index (χ4v) is 4.46. The molecule has 0 aliphatic rings. The van der Waals surface area contributed by atoms with Crippen LogP contribution < -0.4 is 10.0 Å². The summed E-state index contributed by atoms with van der Waals surface area (Å²) in [7, 11) is -1.98. The van der Waals surface area contributed by atoms with E-state index in [0.29, 0.717) is 11.4 Å². The van der Waals surface area contributed by atoms with Crippen LogP contribution in [0.1, 0.15) is 11.8 Å². The summed E-state index contributed by atoms with van der Waals surface area (Å²) in [5.74, 6) is 0. The predicted octanol–water partition coefficient (Wildman–Crippen LogP) is 1.92. The van der Waals surface area contributed by atoms with Crippen molar-refractivity contribution < 1.29 is 8.42 Å². The predicted molar refractivity (Wildman–Crippen MR) is 75.5 cm³/mol. The molecule has 0 amide bonds. The lowest BCUT2D eigenvalue weighted by Gasteiger charge is -2.05. The van der Waals surface area contributed by atoms with Gasteiger partial charge < -0.3 is 5.32 Å². The molecular formula is C12H16N2O2S2. The molecule has 0 aliphatic heterocycles. The van der Waals surface area contributed by atoms with E-state index >= 15 is 0 Å². The van der Waals surface area contributed by atoms with E-state index in [2.05, 4.69) is 10.0 Å².